The number of amides is 1. The van der Waals surface area contributed by atoms with E-state index < -0.39 is 52.3 Å². The zero-order valence-corrected chi connectivity index (χ0v) is 25.7. The standard InChI is InChI=1S/C16H21N7O11P2.2Na/c17-12-9-14(20-6-19-12)23(7-21-9)15-10(24)11(25)16(33-15,5-32-36(30,31)34-35(27,28)29)22-3-1-2-8(4-22)13(18)26;;/h1,3-4,6-7,10-11,15,24-25H,2,5H2,(H2,18,26)(H,30,31)(H2,17,19,20)(H2,27,28,29);;/q;2*+1/p-2. The molecule has 0 radical (unpaired) electrons. The minimum Gasteiger partial charge on any atom is -0.756 e. The molecular weight excluding hydrogens is 574 g/mol. The summed E-state index contributed by atoms with van der Waals surface area (Å²) >= 11 is 0. The molecule has 2 aromatic rings. The molecule has 18 nitrogen and oxygen atoms in total. The Morgan fingerprint density at radius 2 is 1.95 bits per heavy atom. The van der Waals surface area contributed by atoms with Gasteiger partial charge in [0, 0.05) is 18.0 Å². The summed E-state index contributed by atoms with van der Waals surface area (Å²) in [5, 5.41) is 21.9. The molecular formula is C16H19N7Na2O11P2. The van der Waals surface area contributed by atoms with Crippen molar-refractivity contribution < 1.29 is 112 Å². The number of carbonyl (C=O) groups is 1. The molecule has 2 aromatic heterocycles. The smallest absolute Gasteiger partial charge is 0.756 e. The van der Waals surface area contributed by atoms with Gasteiger partial charge in [0.25, 0.3) is 15.6 Å². The van der Waals surface area contributed by atoms with Gasteiger partial charge in [-0.2, -0.15) is 0 Å². The van der Waals surface area contributed by atoms with E-state index in [4.69, 9.17) is 21.1 Å². The number of nitrogen functional groups attached to an aromatic ring is 1. The fraction of sp³-hybridized carbons (Fsp3) is 0.375. The number of rotatable bonds is 8. The third kappa shape index (κ3) is 6.75. The molecule has 38 heavy (non-hydrogen) atoms. The van der Waals surface area contributed by atoms with Crippen LogP contribution in [0.15, 0.2) is 36.7 Å². The number of aliphatic hydroxyl groups excluding tert-OH is 2. The number of carbonyl (C=O) groups excluding carboxylic acids is 1. The van der Waals surface area contributed by atoms with Crippen LogP contribution in [0.3, 0.4) is 0 Å². The van der Waals surface area contributed by atoms with E-state index >= 15 is 0 Å². The van der Waals surface area contributed by atoms with Gasteiger partial charge in [-0.3, -0.25) is 18.5 Å². The molecule has 0 bridgehead atoms. The topological polar surface area (TPSA) is 285 Å². The van der Waals surface area contributed by atoms with Crippen molar-refractivity contribution in [3.63, 3.8) is 0 Å². The molecule has 1 fully saturated rings. The van der Waals surface area contributed by atoms with Crippen molar-refractivity contribution in [1.82, 2.24) is 24.4 Å². The van der Waals surface area contributed by atoms with Gasteiger partial charge in [-0.15, -0.1) is 0 Å². The second kappa shape index (κ2) is 12.4. The Balaban J connectivity index is 0.00000253. The van der Waals surface area contributed by atoms with E-state index in [-0.39, 0.29) is 88.1 Å². The molecule has 1 amide bonds. The van der Waals surface area contributed by atoms with E-state index in [0.29, 0.717) is 0 Å². The van der Waals surface area contributed by atoms with Crippen LogP contribution < -0.4 is 80.4 Å². The van der Waals surface area contributed by atoms with E-state index in [1.54, 1.807) is 0 Å². The van der Waals surface area contributed by atoms with Crippen molar-refractivity contribution in [1.29, 1.82) is 0 Å². The molecule has 2 aliphatic rings. The normalized spacial score (nSPS) is 28.1. The quantitative estimate of drug-likeness (QED) is 0.140. The molecule has 0 saturated carbocycles. The Morgan fingerprint density at radius 3 is 2.58 bits per heavy atom. The Morgan fingerprint density at radius 1 is 1.26 bits per heavy atom. The summed E-state index contributed by atoms with van der Waals surface area (Å²) in [6.07, 6.45) is 0.938. The minimum absolute atomic E-state index is 0. The number of hydrogen-bond acceptors (Lipinski definition) is 15. The van der Waals surface area contributed by atoms with Crippen LogP contribution in [0, 0.1) is 0 Å². The number of aromatic nitrogens is 4. The summed E-state index contributed by atoms with van der Waals surface area (Å²) < 4.78 is 38.1. The molecule has 2 aliphatic heterocycles. The summed E-state index contributed by atoms with van der Waals surface area (Å²) in [5.41, 5.74) is 9.02. The Kier molecular flexibility index (Phi) is 10.9. The van der Waals surface area contributed by atoms with Gasteiger partial charge in [0.2, 0.25) is 5.91 Å². The van der Waals surface area contributed by atoms with Gasteiger partial charge in [0.05, 0.1) is 6.33 Å². The monoisotopic (exact) mass is 593 g/mol. The summed E-state index contributed by atoms with van der Waals surface area (Å²) in [4.78, 5) is 56.2. The predicted molar refractivity (Wildman–Crippen MR) is 112 cm³/mol. The maximum Gasteiger partial charge on any atom is 1.00 e. The molecule has 0 aromatic carbocycles. The average molecular weight is 593 g/mol. The van der Waals surface area contributed by atoms with Crippen LogP contribution in [-0.4, -0.2) is 70.0 Å². The molecule has 7 N–H and O–H groups in total. The van der Waals surface area contributed by atoms with Crippen molar-refractivity contribution in [2.45, 2.75) is 30.6 Å². The summed E-state index contributed by atoms with van der Waals surface area (Å²) in [6, 6.07) is 0. The molecule has 6 atom stereocenters. The van der Waals surface area contributed by atoms with Crippen LogP contribution in [0.5, 0.6) is 0 Å². The van der Waals surface area contributed by atoms with Crippen LogP contribution in [0.25, 0.3) is 11.2 Å². The van der Waals surface area contributed by atoms with Crippen molar-refractivity contribution in [2.24, 2.45) is 5.73 Å². The second-order valence-corrected chi connectivity index (χ2v) is 10.4. The molecule has 4 heterocycles. The zero-order valence-electron chi connectivity index (χ0n) is 19.9. The summed E-state index contributed by atoms with van der Waals surface area (Å²) in [7, 11) is -11.5. The SMILES string of the molecule is NC(=O)C1=CN(C2(COP(=O)([O-])OP(=O)([O-])O)OC(n3cnc4c(N)ncnc43)C(O)C2O)C=CC1.[Na+].[Na+]. The maximum atomic E-state index is 12.0. The number of primary amides is 1. The molecule has 0 aliphatic carbocycles. The molecule has 4 rings (SSSR count). The van der Waals surface area contributed by atoms with E-state index in [0.717, 1.165) is 17.4 Å². The third-order valence-electron chi connectivity index (χ3n) is 5.35. The number of aliphatic hydroxyl groups is 2. The van der Waals surface area contributed by atoms with Gasteiger partial charge in [-0.1, -0.05) is 6.08 Å². The van der Waals surface area contributed by atoms with Gasteiger partial charge >= 0.3 is 59.1 Å². The van der Waals surface area contributed by atoms with E-state index in [2.05, 4.69) is 23.8 Å². The predicted octanol–water partition coefficient (Wildman–Crippen LogP) is -9.09. The minimum atomic E-state index is -5.78. The van der Waals surface area contributed by atoms with Crippen molar-refractivity contribution in [3.05, 3.63) is 36.7 Å². The summed E-state index contributed by atoms with van der Waals surface area (Å²) in [6.45, 7) is -1.20. The number of imidazole rings is 1. The number of fused-ring (bicyclic) bond motifs is 1. The van der Waals surface area contributed by atoms with E-state index in [9.17, 15) is 33.9 Å². The van der Waals surface area contributed by atoms with Crippen LogP contribution in [-0.2, 0) is 27.5 Å². The number of phosphoric acid groups is 2. The Labute approximate surface area is 258 Å². The molecule has 1 saturated heterocycles. The van der Waals surface area contributed by atoms with Gasteiger partial charge in [-0.05, 0) is 6.42 Å². The first kappa shape index (κ1) is 33.4. The number of nitrogens with two attached hydrogens (primary N) is 2. The molecule has 22 heteroatoms. The summed E-state index contributed by atoms with van der Waals surface area (Å²) in [5.74, 6) is -0.840. The third-order valence-corrected chi connectivity index (χ3v) is 7.42. The first-order valence-electron chi connectivity index (χ1n) is 9.87. The van der Waals surface area contributed by atoms with Crippen LogP contribution in [0.1, 0.15) is 12.6 Å². The average Bonchev–Trinajstić information content (AvgIpc) is 3.32. The number of hydrogen-bond donors (Lipinski definition) is 5. The van der Waals surface area contributed by atoms with Gasteiger partial charge < -0.3 is 50.5 Å². The van der Waals surface area contributed by atoms with Gasteiger partial charge in [0.15, 0.2) is 23.4 Å². The fourth-order valence-corrected chi connectivity index (χ4v) is 5.28. The van der Waals surface area contributed by atoms with Crippen molar-refractivity contribution in [2.75, 3.05) is 12.3 Å². The number of nitrogens with zero attached hydrogens (tertiary/aromatic N) is 5. The second-order valence-electron chi connectivity index (χ2n) is 7.66. The van der Waals surface area contributed by atoms with Gasteiger partial charge in [0.1, 0.15) is 30.7 Å². The zero-order chi connectivity index (χ0) is 26.5. The number of allylic oxidation sites excluding steroid dienone is 1. The van der Waals surface area contributed by atoms with E-state index in [1.807, 2.05) is 0 Å². The fourth-order valence-electron chi connectivity index (χ4n) is 3.73. The van der Waals surface area contributed by atoms with Crippen molar-refractivity contribution in [3.8, 4) is 0 Å². The molecule has 0 spiro atoms. The largest absolute Gasteiger partial charge is 1.00 e. The molecule has 6 unspecified atom stereocenters. The Bertz CT molecular complexity index is 1350. The van der Waals surface area contributed by atoms with Crippen LogP contribution >= 0.6 is 15.6 Å². The number of anilines is 1. The van der Waals surface area contributed by atoms with Crippen LogP contribution in [0.2, 0.25) is 0 Å². The number of phosphoric ester groups is 1. The Hall–Kier alpha value is -0.760. The molecule has 196 valence electrons. The first-order chi connectivity index (χ1) is 16.7. The van der Waals surface area contributed by atoms with Crippen molar-refractivity contribution >= 4 is 38.5 Å². The first-order valence-corrected chi connectivity index (χ1v) is 12.8. The number of ether oxygens (including phenoxy) is 1. The van der Waals surface area contributed by atoms with E-state index in [1.165, 1.54) is 23.2 Å². The maximum absolute atomic E-state index is 12.0. The van der Waals surface area contributed by atoms with Crippen LogP contribution in [0.4, 0.5) is 5.82 Å². The van der Waals surface area contributed by atoms with Gasteiger partial charge in [-0.25, -0.2) is 19.3 Å².